The highest BCUT2D eigenvalue weighted by Gasteiger charge is 1.76. The lowest BCUT2D eigenvalue weighted by Crippen LogP contribution is -1.68. The molecular formula is C12H17N. The molecule has 0 spiro atoms. The second-order valence-electron chi connectivity index (χ2n) is 2.95. The molecule has 0 aliphatic rings. The lowest BCUT2D eigenvalue weighted by molar-refractivity contribution is 1.32. The van der Waals surface area contributed by atoms with Crippen molar-refractivity contribution < 1.29 is 0 Å². The van der Waals surface area contributed by atoms with E-state index in [1.54, 1.807) is 12.3 Å². The summed E-state index contributed by atoms with van der Waals surface area (Å²) in [6, 6.07) is 0. The van der Waals surface area contributed by atoms with Crippen LogP contribution in [0.2, 0.25) is 0 Å². The Balaban J connectivity index is 4.10. The number of aliphatic imine (C=N–C) groups is 1. The van der Waals surface area contributed by atoms with Crippen LogP contribution in [-0.2, 0) is 0 Å². The second-order valence-corrected chi connectivity index (χ2v) is 2.95. The van der Waals surface area contributed by atoms with Gasteiger partial charge < -0.3 is 0 Å². The monoisotopic (exact) mass is 175 g/mol. The van der Waals surface area contributed by atoms with Crippen LogP contribution in [-0.4, -0.2) is 6.21 Å². The van der Waals surface area contributed by atoms with Gasteiger partial charge in [0.25, 0.3) is 0 Å². The summed E-state index contributed by atoms with van der Waals surface area (Å²) >= 11 is 0. The number of hydrogen-bond donors (Lipinski definition) is 0. The van der Waals surface area contributed by atoms with Gasteiger partial charge in [-0.3, -0.25) is 4.99 Å². The third-order valence-electron chi connectivity index (χ3n) is 1.26. The maximum absolute atomic E-state index is 4.11. The minimum absolute atomic E-state index is 0.971. The molecule has 0 saturated carbocycles. The summed E-state index contributed by atoms with van der Waals surface area (Å²) in [5.41, 5.74) is 2.26. The summed E-state index contributed by atoms with van der Waals surface area (Å²) in [4.78, 5) is 4.11. The molecule has 1 heteroatoms. The average molecular weight is 175 g/mol. The molecule has 1 nitrogen and oxygen atoms in total. The average Bonchev–Trinajstić information content (AvgIpc) is 2.08. The van der Waals surface area contributed by atoms with E-state index in [-0.39, 0.29) is 0 Å². The predicted octanol–water partition coefficient (Wildman–Crippen LogP) is 3.67. The Kier molecular flexibility index (Phi) is 6.52. The molecule has 0 heterocycles. The highest BCUT2D eigenvalue weighted by molar-refractivity contribution is 5.71. The first-order valence-corrected chi connectivity index (χ1v) is 4.30. The lowest BCUT2D eigenvalue weighted by atomic mass is 10.3. The molecule has 0 aliphatic carbocycles. The van der Waals surface area contributed by atoms with Crippen molar-refractivity contribution in [2.75, 3.05) is 0 Å². The van der Waals surface area contributed by atoms with Gasteiger partial charge >= 0.3 is 0 Å². The number of allylic oxidation sites excluding steroid dienone is 7. The molecular weight excluding hydrogens is 158 g/mol. The summed E-state index contributed by atoms with van der Waals surface area (Å²) in [5.74, 6) is 0. The van der Waals surface area contributed by atoms with Crippen molar-refractivity contribution in [3.05, 3.63) is 48.2 Å². The van der Waals surface area contributed by atoms with Crippen molar-refractivity contribution >= 4 is 6.21 Å². The highest BCUT2D eigenvalue weighted by Crippen LogP contribution is 1.95. The first kappa shape index (κ1) is 11.6. The van der Waals surface area contributed by atoms with Gasteiger partial charge in [-0.2, -0.15) is 0 Å². The molecule has 0 unspecified atom stereocenters. The molecule has 70 valence electrons. The fraction of sp³-hybridized carbons (Fsp3) is 0.250. The van der Waals surface area contributed by atoms with Crippen molar-refractivity contribution in [2.24, 2.45) is 4.99 Å². The first-order chi connectivity index (χ1) is 6.16. The van der Waals surface area contributed by atoms with Crippen molar-refractivity contribution in [3.8, 4) is 0 Å². The van der Waals surface area contributed by atoms with E-state index in [1.807, 2.05) is 25.2 Å². The van der Waals surface area contributed by atoms with E-state index in [1.165, 1.54) is 5.57 Å². The molecule has 0 aromatic rings. The zero-order valence-corrected chi connectivity index (χ0v) is 8.62. The van der Waals surface area contributed by atoms with Crippen molar-refractivity contribution in [1.82, 2.24) is 0 Å². The zero-order chi connectivity index (χ0) is 10.1. The fourth-order valence-electron chi connectivity index (χ4n) is 0.656. The van der Waals surface area contributed by atoms with Gasteiger partial charge in [0.1, 0.15) is 0 Å². The van der Waals surface area contributed by atoms with Crippen LogP contribution in [0.5, 0.6) is 0 Å². The number of rotatable bonds is 4. The number of hydrogen-bond acceptors (Lipinski definition) is 1. The van der Waals surface area contributed by atoms with Gasteiger partial charge in [-0.1, -0.05) is 36.5 Å². The molecule has 0 N–H and O–H groups in total. The molecule has 0 aromatic heterocycles. The van der Waals surface area contributed by atoms with E-state index in [2.05, 4.69) is 31.5 Å². The van der Waals surface area contributed by atoms with E-state index >= 15 is 0 Å². The van der Waals surface area contributed by atoms with Gasteiger partial charge in [-0.05, 0) is 26.8 Å². The van der Waals surface area contributed by atoms with Crippen LogP contribution in [0.1, 0.15) is 20.8 Å². The molecule has 0 amide bonds. The quantitative estimate of drug-likeness (QED) is 0.456. The Morgan fingerprint density at radius 3 is 2.23 bits per heavy atom. The summed E-state index contributed by atoms with van der Waals surface area (Å²) in [7, 11) is 0. The predicted molar refractivity (Wildman–Crippen MR) is 61.0 cm³/mol. The maximum atomic E-state index is 4.11. The van der Waals surface area contributed by atoms with Crippen LogP contribution in [0.15, 0.2) is 53.2 Å². The molecule has 0 rings (SSSR count). The van der Waals surface area contributed by atoms with E-state index < -0.39 is 0 Å². The lowest BCUT2D eigenvalue weighted by Gasteiger charge is -1.86. The van der Waals surface area contributed by atoms with Crippen molar-refractivity contribution in [2.45, 2.75) is 20.8 Å². The van der Waals surface area contributed by atoms with E-state index in [9.17, 15) is 0 Å². The largest absolute Gasteiger partial charge is 0.262 e. The van der Waals surface area contributed by atoms with Gasteiger partial charge in [0.05, 0.1) is 0 Å². The third kappa shape index (κ3) is 8.54. The highest BCUT2D eigenvalue weighted by atomic mass is 14.7. The third-order valence-corrected chi connectivity index (χ3v) is 1.26. The van der Waals surface area contributed by atoms with Crippen molar-refractivity contribution in [1.29, 1.82) is 0 Å². The molecule has 0 atom stereocenters. The number of nitrogens with zero attached hydrogens (tertiary/aromatic N) is 1. The molecule has 0 radical (unpaired) electrons. The van der Waals surface area contributed by atoms with Gasteiger partial charge in [-0.15, -0.1) is 0 Å². The van der Waals surface area contributed by atoms with Crippen LogP contribution in [0.4, 0.5) is 0 Å². The molecule has 0 saturated heterocycles. The fourth-order valence-corrected chi connectivity index (χ4v) is 0.656. The first-order valence-electron chi connectivity index (χ1n) is 4.30. The molecule has 13 heavy (non-hydrogen) atoms. The van der Waals surface area contributed by atoms with Crippen molar-refractivity contribution in [3.63, 3.8) is 0 Å². The maximum Gasteiger partial charge on any atom is 0.0372 e. The minimum Gasteiger partial charge on any atom is -0.262 e. The molecule has 0 aliphatic heterocycles. The van der Waals surface area contributed by atoms with Crippen LogP contribution in [0.25, 0.3) is 0 Å². The second kappa shape index (κ2) is 7.29. The van der Waals surface area contributed by atoms with E-state index in [0.29, 0.717) is 0 Å². The summed E-state index contributed by atoms with van der Waals surface area (Å²) in [6.45, 7) is 9.63. The van der Waals surface area contributed by atoms with Crippen LogP contribution in [0.3, 0.4) is 0 Å². The van der Waals surface area contributed by atoms with E-state index in [4.69, 9.17) is 0 Å². The van der Waals surface area contributed by atoms with Crippen LogP contribution < -0.4 is 0 Å². The Morgan fingerprint density at radius 2 is 1.69 bits per heavy atom. The van der Waals surface area contributed by atoms with E-state index in [0.717, 1.165) is 5.70 Å². The summed E-state index contributed by atoms with van der Waals surface area (Å²) in [5, 5.41) is 0. The summed E-state index contributed by atoms with van der Waals surface area (Å²) < 4.78 is 0. The molecule has 0 fully saturated rings. The van der Waals surface area contributed by atoms with Gasteiger partial charge in [0, 0.05) is 11.9 Å². The Bertz CT molecular complexity index is 261. The Labute approximate surface area is 80.9 Å². The standard InChI is InChI=1S/C12H17N/c1-5-10-13-12(4)9-7-6-8-11(2)3/h5-10H,1H2,2-4H3/b7-6-,12-9+,13-10-. The van der Waals surface area contributed by atoms with Gasteiger partial charge in [0.2, 0.25) is 0 Å². The smallest absolute Gasteiger partial charge is 0.0372 e. The van der Waals surface area contributed by atoms with Crippen LogP contribution >= 0.6 is 0 Å². The normalized spacial score (nSPS) is 12.4. The summed E-state index contributed by atoms with van der Waals surface area (Å²) in [6.07, 6.45) is 11.3. The Hall–Kier alpha value is -1.37. The topological polar surface area (TPSA) is 12.4 Å². The molecule has 0 bridgehead atoms. The van der Waals surface area contributed by atoms with Gasteiger partial charge in [0.15, 0.2) is 0 Å². The Morgan fingerprint density at radius 1 is 1.08 bits per heavy atom. The zero-order valence-electron chi connectivity index (χ0n) is 8.62. The van der Waals surface area contributed by atoms with Gasteiger partial charge in [-0.25, -0.2) is 0 Å². The minimum atomic E-state index is 0.971. The SMILES string of the molecule is C=C\C=N/C(C)=C/C=C\C=C(C)C. The van der Waals surface area contributed by atoms with Crippen LogP contribution in [0, 0.1) is 0 Å². The molecule has 0 aromatic carbocycles.